The van der Waals surface area contributed by atoms with Gasteiger partial charge in [-0.3, -0.25) is 19.7 Å². The van der Waals surface area contributed by atoms with Gasteiger partial charge in [0.1, 0.15) is 18.1 Å². The first-order valence-corrected chi connectivity index (χ1v) is 9.72. The van der Waals surface area contributed by atoms with E-state index in [0.717, 1.165) is 5.56 Å². The van der Waals surface area contributed by atoms with E-state index in [1.54, 1.807) is 30.3 Å². The summed E-state index contributed by atoms with van der Waals surface area (Å²) in [6.07, 6.45) is 1.37. The Bertz CT molecular complexity index is 1160. The highest BCUT2D eigenvalue weighted by molar-refractivity contribution is 6.08. The number of anilines is 1. The number of hydrogen-bond acceptors (Lipinski definition) is 5. The molecule has 0 fully saturated rings. The lowest BCUT2D eigenvalue weighted by Gasteiger charge is -2.12. The Kier molecular flexibility index (Phi) is 7.32. The monoisotopic (exact) mass is 431 g/mol. The van der Waals surface area contributed by atoms with Gasteiger partial charge in [-0.05, 0) is 29.3 Å². The summed E-state index contributed by atoms with van der Waals surface area (Å²) >= 11 is 0. The minimum absolute atomic E-state index is 0.0476. The number of nitro benzene ring substituents is 1. The van der Waals surface area contributed by atoms with Crippen molar-refractivity contribution < 1.29 is 19.2 Å². The number of nitrogens with zero attached hydrogens (tertiary/aromatic N) is 1. The number of hydrogen-bond donors (Lipinski definition) is 2. The molecular formula is C24H21N3O5. The molecule has 0 aliphatic carbocycles. The number of carbonyl (C=O) groups is 2. The lowest BCUT2D eigenvalue weighted by molar-refractivity contribution is -0.384. The Labute approximate surface area is 184 Å². The van der Waals surface area contributed by atoms with Crippen molar-refractivity contribution in [2.24, 2.45) is 0 Å². The van der Waals surface area contributed by atoms with Gasteiger partial charge in [0, 0.05) is 30.8 Å². The topological polar surface area (TPSA) is 111 Å². The SMILES string of the molecule is CC(=O)N/C(=C\c1cccc([N+](=O)[O-])c1)C(=O)Nc1cccc(OCc2ccccc2)c1. The minimum Gasteiger partial charge on any atom is -0.489 e. The first-order valence-electron chi connectivity index (χ1n) is 9.72. The molecule has 0 unspecified atom stereocenters. The third kappa shape index (κ3) is 6.53. The number of ether oxygens (including phenoxy) is 1. The van der Waals surface area contributed by atoms with E-state index < -0.39 is 16.7 Å². The maximum atomic E-state index is 12.8. The zero-order valence-corrected chi connectivity index (χ0v) is 17.3. The standard InChI is InChI=1S/C24H21N3O5/c1-17(28)25-23(14-19-9-5-11-21(13-19)27(30)31)24(29)26-20-10-6-12-22(15-20)32-16-18-7-3-2-4-8-18/h2-15H,16H2,1H3,(H,25,28)(H,26,29)/b23-14-. The molecule has 2 amide bonds. The molecule has 0 aliphatic rings. The Balaban J connectivity index is 1.75. The fourth-order valence-corrected chi connectivity index (χ4v) is 2.85. The summed E-state index contributed by atoms with van der Waals surface area (Å²) in [5.41, 5.74) is 1.71. The third-order valence-electron chi connectivity index (χ3n) is 4.29. The summed E-state index contributed by atoms with van der Waals surface area (Å²) in [4.78, 5) is 34.8. The molecule has 0 radical (unpaired) electrons. The van der Waals surface area contributed by atoms with Crippen molar-refractivity contribution in [1.29, 1.82) is 0 Å². The number of rotatable bonds is 8. The van der Waals surface area contributed by atoms with Crippen LogP contribution in [0.4, 0.5) is 11.4 Å². The van der Waals surface area contributed by atoms with Crippen LogP contribution in [0.1, 0.15) is 18.1 Å². The molecule has 2 N–H and O–H groups in total. The van der Waals surface area contributed by atoms with E-state index in [1.807, 2.05) is 30.3 Å². The highest BCUT2D eigenvalue weighted by Gasteiger charge is 2.13. The molecule has 0 atom stereocenters. The van der Waals surface area contributed by atoms with E-state index in [-0.39, 0.29) is 11.4 Å². The molecule has 3 aromatic carbocycles. The summed E-state index contributed by atoms with van der Waals surface area (Å²) in [5, 5.41) is 16.2. The first-order chi connectivity index (χ1) is 15.4. The quantitative estimate of drug-likeness (QED) is 0.314. The van der Waals surface area contributed by atoms with Gasteiger partial charge in [-0.2, -0.15) is 0 Å². The van der Waals surface area contributed by atoms with Gasteiger partial charge in [0.2, 0.25) is 5.91 Å². The highest BCUT2D eigenvalue weighted by atomic mass is 16.6. The van der Waals surface area contributed by atoms with E-state index in [2.05, 4.69) is 10.6 Å². The molecular weight excluding hydrogens is 410 g/mol. The van der Waals surface area contributed by atoms with E-state index in [1.165, 1.54) is 31.2 Å². The lowest BCUT2D eigenvalue weighted by Crippen LogP contribution is -2.28. The molecule has 0 heterocycles. The normalized spacial score (nSPS) is 10.8. The largest absolute Gasteiger partial charge is 0.489 e. The van der Waals surface area contributed by atoms with E-state index in [0.29, 0.717) is 23.6 Å². The summed E-state index contributed by atoms with van der Waals surface area (Å²) < 4.78 is 5.77. The number of carbonyl (C=O) groups excluding carboxylic acids is 2. The molecule has 32 heavy (non-hydrogen) atoms. The van der Waals surface area contributed by atoms with Gasteiger partial charge in [-0.1, -0.05) is 48.5 Å². The Morgan fingerprint density at radius 3 is 2.47 bits per heavy atom. The first kappa shape index (κ1) is 22.2. The molecule has 162 valence electrons. The van der Waals surface area contributed by atoms with Crippen molar-refractivity contribution in [2.75, 3.05) is 5.32 Å². The van der Waals surface area contributed by atoms with Crippen LogP contribution in [0.5, 0.6) is 5.75 Å². The lowest BCUT2D eigenvalue weighted by atomic mass is 10.1. The smallest absolute Gasteiger partial charge is 0.272 e. The van der Waals surface area contributed by atoms with Crippen molar-refractivity contribution in [2.45, 2.75) is 13.5 Å². The summed E-state index contributed by atoms with van der Waals surface area (Å²) in [7, 11) is 0. The van der Waals surface area contributed by atoms with Crippen LogP contribution >= 0.6 is 0 Å². The number of nitro groups is 1. The zero-order valence-electron chi connectivity index (χ0n) is 17.3. The van der Waals surface area contributed by atoms with Crippen LogP contribution in [0.15, 0.2) is 84.6 Å². The number of amides is 2. The second-order valence-corrected chi connectivity index (χ2v) is 6.85. The Morgan fingerprint density at radius 2 is 1.75 bits per heavy atom. The van der Waals surface area contributed by atoms with Crippen LogP contribution in [0.2, 0.25) is 0 Å². The van der Waals surface area contributed by atoms with Crippen molar-refractivity contribution >= 4 is 29.3 Å². The number of benzene rings is 3. The maximum Gasteiger partial charge on any atom is 0.272 e. The van der Waals surface area contributed by atoms with Crippen LogP contribution in [0.3, 0.4) is 0 Å². The number of nitrogens with one attached hydrogen (secondary N) is 2. The highest BCUT2D eigenvalue weighted by Crippen LogP contribution is 2.20. The van der Waals surface area contributed by atoms with Gasteiger partial charge in [0.15, 0.2) is 0 Å². The van der Waals surface area contributed by atoms with Gasteiger partial charge in [0.05, 0.1) is 4.92 Å². The van der Waals surface area contributed by atoms with Gasteiger partial charge in [-0.15, -0.1) is 0 Å². The fraction of sp³-hybridized carbons (Fsp3) is 0.0833. The van der Waals surface area contributed by atoms with Gasteiger partial charge >= 0.3 is 0 Å². The molecule has 8 nitrogen and oxygen atoms in total. The second-order valence-electron chi connectivity index (χ2n) is 6.85. The second kappa shape index (κ2) is 10.5. The molecule has 0 bridgehead atoms. The van der Waals surface area contributed by atoms with E-state index in [4.69, 9.17) is 4.74 Å². The van der Waals surface area contributed by atoms with Gasteiger partial charge in [0.25, 0.3) is 11.6 Å². The predicted octanol–water partition coefficient (Wildman–Crippen LogP) is 4.29. The molecule has 0 aromatic heterocycles. The van der Waals surface area contributed by atoms with Crippen LogP contribution in [-0.2, 0) is 16.2 Å². The van der Waals surface area contributed by atoms with Crippen molar-refractivity contribution in [3.8, 4) is 5.75 Å². The molecule has 3 rings (SSSR count). The van der Waals surface area contributed by atoms with Crippen LogP contribution in [0, 0.1) is 10.1 Å². The van der Waals surface area contributed by atoms with Crippen LogP contribution in [-0.4, -0.2) is 16.7 Å². The summed E-state index contributed by atoms with van der Waals surface area (Å²) in [6, 6.07) is 22.3. The Morgan fingerprint density at radius 1 is 1.00 bits per heavy atom. The fourth-order valence-electron chi connectivity index (χ4n) is 2.85. The maximum absolute atomic E-state index is 12.8. The average Bonchev–Trinajstić information content (AvgIpc) is 2.78. The zero-order chi connectivity index (χ0) is 22.9. The van der Waals surface area contributed by atoms with Gasteiger partial charge in [-0.25, -0.2) is 0 Å². The van der Waals surface area contributed by atoms with E-state index in [9.17, 15) is 19.7 Å². The van der Waals surface area contributed by atoms with Crippen molar-refractivity contribution in [3.63, 3.8) is 0 Å². The molecule has 0 spiro atoms. The minimum atomic E-state index is -0.577. The molecule has 3 aromatic rings. The predicted molar refractivity (Wildman–Crippen MR) is 121 cm³/mol. The molecule has 0 saturated carbocycles. The average molecular weight is 431 g/mol. The van der Waals surface area contributed by atoms with Gasteiger partial charge < -0.3 is 15.4 Å². The summed E-state index contributed by atoms with van der Waals surface area (Å²) in [5.74, 6) is -0.459. The van der Waals surface area contributed by atoms with Crippen LogP contribution in [0.25, 0.3) is 6.08 Å². The number of non-ortho nitro benzene ring substituents is 1. The molecule has 0 saturated heterocycles. The molecule has 8 heteroatoms. The Hall–Kier alpha value is -4.46. The van der Waals surface area contributed by atoms with Crippen LogP contribution < -0.4 is 15.4 Å². The van der Waals surface area contributed by atoms with E-state index >= 15 is 0 Å². The third-order valence-corrected chi connectivity index (χ3v) is 4.29. The van der Waals surface area contributed by atoms with Crippen molar-refractivity contribution in [1.82, 2.24) is 5.32 Å². The molecule has 0 aliphatic heterocycles. The summed E-state index contributed by atoms with van der Waals surface area (Å²) in [6.45, 7) is 1.65. The van der Waals surface area contributed by atoms with Crippen molar-refractivity contribution in [3.05, 3.63) is 106 Å².